The molecule has 494 valence electrons. The molecule has 32 heteroatoms. The molecule has 0 saturated carbocycles. The van der Waals surface area contributed by atoms with Crippen LogP contribution in [0.4, 0.5) is 17.1 Å². The van der Waals surface area contributed by atoms with Gasteiger partial charge in [-0.1, -0.05) is 22.4 Å². The molecule has 7 amide bonds. The van der Waals surface area contributed by atoms with E-state index in [2.05, 4.69) is 79.8 Å². The highest BCUT2D eigenvalue weighted by Crippen LogP contribution is 2.35. The predicted octanol–water partition coefficient (Wildman–Crippen LogP) is -3.63. The van der Waals surface area contributed by atoms with Gasteiger partial charge in [-0.2, -0.15) is 0 Å². The third-order valence-electron chi connectivity index (χ3n) is 17.5. The van der Waals surface area contributed by atoms with Gasteiger partial charge in [-0.15, -0.1) is 0 Å². The van der Waals surface area contributed by atoms with E-state index in [0.29, 0.717) is 39.4 Å². The van der Waals surface area contributed by atoms with E-state index in [1.54, 1.807) is 12.1 Å². The third-order valence-corrected chi connectivity index (χ3v) is 18.3. The van der Waals surface area contributed by atoms with Crippen LogP contribution in [-0.4, -0.2) is 254 Å². The molecule has 13 N–H and O–H groups in total. The van der Waals surface area contributed by atoms with E-state index in [1.165, 1.54) is 25.1 Å². The van der Waals surface area contributed by atoms with Gasteiger partial charge in [0.25, 0.3) is 5.91 Å². The number of carbonyl (C=O) groups excluding carboxylic acids is 7. The second-order valence-corrected chi connectivity index (χ2v) is 24.7. The van der Waals surface area contributed by atoms with Crippen LogP contribution < -0.4 is 41.3 Å². The van der Waals surface area contributed by atoms with Gasteiger partial charge in [-0.05, 0) is 73.2 Å². The number of carbonyl (C=O) groups is 7. The van der Waals surface area contributed by atoms with Crippen LogP contribution in [0, 0.1) is 12.5 Å². The van der Waals surface area contributed by atoms with Gasteiger partial charge >= 0.3 is 0 Å². The molecule has 6 fully saturated rings. The molecule has 0 aromatic heterocycles. The Morgan fingerprint density at radius 1 is 0.736 bits per heavy atom. The summed E-state index contributed by atoms with van der Waals surface area (Å²) in [7, 11) is 0. The van der Waals surface area contributed by atoms with Crippen molar-refractivity contribution in [1.29, 1.82) is 0 Å². The first-order valence-corrected chi connectivity index (χ1v) is 31.0. The number of phenols is 1. The van der Waals surface area contributed by atoms with E-state index in [-0.39, 0.29) is 17.7 Å². The van der Waals surface area contributed by atoms with E-state index in [4.69, 9.17) is 21.3 Å². The summed E-state index contributed by atoms with van der Waals surface area (Å²) in [5, 5.41) is 103. The second kappa shape index (κ2) is 29.7. The smallest absolute Gasteiger partial charge is 0.251 e. The molecule has 6 aliphatic heterocycles. The van der Waals surface area contributed by atoms with Crippen LogP contribution in [0.25, 0.3) is 4.85 Å². The average molecular weight is 1290 g/mol. The van der Waals surface area contributed by atoms with Crippen LogP contribution in [0.1, 0.15) is 55.5 Å². The van der Waals surface area contributed by atoms with Gasteiger partial charge in [0.05, 0.1) is 43.7 Å². The van der Waals surface area contributed by atoms with Gasteiger partial charge in [0.1, 0.15) is 46.9 Å². The molecule has 8 unspecified atom stereocenters. The van der Waals surface area contributed by atoms with Gasteiger partial charge in [0.15, 0.2) is 11.9 Å². The monoisotopic (exact) mass is 1290 g/mol. The SMILES string of the molecule is [C-]#[N+]C[C@@H](O)[C@@H]1NC(=O)C([C@H](O)Cc2ccc(O)c(S(=O)OOO)c2)NC(=O)C2CC(O)CN2C(=O)C(C(C)O)NC(=O)[C@@H](NC(=O)c2ccc(N3CCN(c4ccc(N5CCC6(CC5)OCCO6)cc4)CC3)cc2)C[C@H](O)CNC(=O)C2[C@@H](O)C(C)CN2C1=O. The Morgan fingerprint density at radius 3 is 1.90 bits per heavy atom. The molecule has 91 heavy (non-hydrogen) atoms. The molecule has 6 heterocycles. The number of phenolic OH excluding ortho intramolecular Hbond substituents is 1. The Bertz CT molecular complexity index is 3170. The van der Waals surface area contributed by atoms with Crippen molar-refractivity contribution in [3.8, 4) is 5.75 Å². The molecule has 3 aromatic rings. The number of aromatic hydroxyl groups is 1. The van der Waals surface area contributed by atoms with Crippen molar-refractivity contribution < 1.29 is 97.6 Å². The highest BCUT2D eigenvalue weighted by Gasteiger charge is 2.50. The first-order chi connectivity index (χ1) is 43.5. The van der Waals surface area contributed by atoms with Crippen LogP contribution in [0.3, 0.4) is 0 Å². The summed E-state index contributed by atoms with van der Waals surface area (Å²) in [6.07, 6.45) is -10.9. The quantitative estimate of drug-likeness (QED) is 0.0421. The number of piperidine rings is 1. The molecule has 0 bridgehead atoms. The lowest BCUT2D eigenvalue weighted by atomic mass is 9.99. The molecule has 3 aromatic carbocycles. The maximum Gasteiger partial charge on any atom is 0.251 e. The van der Waals surface area contributed by atoms with Crippen molar-refractivity contribution in [3.05, 3.63) is 89.3 Å². The van der Waals surface area contributed by atoms with Gasteiger partial charge in [0, 0.05) is 120 Å². The number of rotatable bonds is 14. The number of piperazine rings is 1. The van der Waals surface area contributed by atoms with Crippen molar-refractivity contribution in [1.82, 2.24) is 36.4 Å². The van der Waals surface area contributed by atoms with Crippen molar-refractivity contribution in [2.75, 3.05) is 93.4 Å². The molecule has 0 radical (unpaired) electrons. The number of hydrogen-bond acceptors (Lipinski definition) is 23. The number of nitrogens with zero attached hydrogens (tertiary/aromatic N) is 6. The summed E-state index contributed by atoms with van der Waals surface area (Å²) in [6.45, 7) is 13.2. The molecule has 0 aliphatic carbocycles. The van der Waals surface area contributed by atoms with Gasteiger partial charge in [0.2, 0.25) is 53.1 Å². The minimum Gasteiger partial charge on any atom is -0.507 e. The van der Waals surface area contributed by atoms with Crippen molar-refractivity contribution in [2.24, 2.45) is 5.92 Å². The number of aliphatic hydroxyl groups excluding tert-OH is 6. The minimum absolute atomic E-state index is 0.00721. The average Bonchev–Trinajstić information content (AvgIpc) is 2.06. The Hall–Kier alpha value is -7.65. The number of benzene rings is 3. The third kappa shape index (κ3) is 15.8. The molecular formula is C59H77N11O20S. The Morgan fingerprint density at radius 2 is 1.31 bits per heavy atom. The lowest BCUT2D eigenvalue weighted by Crippen LogP contribution is -2.64. The summed E-state index contributed by atoms with van der Waals surface area (Å²) >= 11 is -2.67. The number of amides is 7. The summed E-state index contributed by atoms with van der Waals surface area (Å²) < 4.78 is 28.5. The number of ether oxygens (including phenoxy) is 2. The van der Waals surface area contributed by atoms with Crippen molar-refractivity contribution in [3.63, 3.8) is 0 Å². The first-order valence-electron chi connectivity index (χ1n) is 30.0. The van der Waals surface area contributed by atoms with E-state index < -0.39 is 187 Å². The summed E-state index contributed by atoms with van der Waals surface area (Å²) in [5.41, 5.74) is 3.09. The molecule has 6 aliphatic rings. The zero-order valence-corrected chi connectivity index (χ0v) is 50.8. The summed E-state index contributed by atoms with van der Waals surface area (Å²) in [6, 6.07) is 6.75. The number of anilines is 3. The zero-order chi connectivity index (χ0) is 65.4. The van der Waals surface area contributed by atoms with E-state index in [9.17, 15) is 73.5 Å². The number of hydrogen-bond donors (Lipinski definition) is 13. The fraction of sp³-hybridized carbons (Fsp3) is 0.559. The molecule has 14 atom stereocenters. The van der Waals surface area contributed by atoms with Crippen molar-refractivity contribution >= 4 is 69.5 Å². The fourth-order valence-electron chi connectivity index (χ4n) is 12.4. The molecule has 9 rings (SSSR count). The second-order valence-electron chi connectivity index (χ2n) is 23.7. The lowest BCUT2D eigenvalue weighted by Gasteiger charge is -2.39. The summed E-state index contributed by atoms with van der Waals surface area (Å²) in [5.74, 6) is -9.97. The molecule has 6 saturated heterocycles. The van der Waals surface area contributed by atoms with Crippen molar-refractivity contribution in [2.45, 2.75) is 130 Å². The minimum atomic E-state index is -2.67. The number of fused-ring (bicyclic) bond motifs is 2. The van der Waals surface area contributed by atoms with Crippen LogP contribution in [-0.2, 0) is 65.1 Å². The highest BCUT2D eigenvalue weighted by molar-refractivity contribution is 7.80. The Kier molecular flexibility index (Phi) is 22.1. The predicted molar refractivity (Wildman–Crippen MR) is 319 cm³/mol. The largest absolute Gasteiger partial charge is 0.507 e. The maximum atomic E-state index is 14.6. The molecular weight excluding hydrogens is 1210 g/mol. The first kappa shape index (κ1) is 67.7. The number of β-amino-alcohol motifs (C(OH)–C–C–N with tert-alkyl or cyclic N) is 1. The maximum absolute atomic E-state index is 14.6. The fourth-order valence-corrected chi connectivity index (χ4v) is 13.0. The normalized spacial score (nSPS) is 28.5. The number of aliphatic hydroxyl groups is 6. The van der Waals surface area contributed by atoms with E-state index >= 15 is 0 Å². The summed E-state index contributed by atoms with van der Waals surface area (Å²) in [4.78, 5) is 112. The Labute approximate surface area is 525 Å². The zero-order valence-electron chi connectivity index (χ0n) is 49.9. The lowest BCUT2D eigenvalue weighted by molar-refractivity contribution is -0.435. The van der Waals surface area contributed by atoms with Crippen LogP contribution >= 0.6 is 0 Å². The topological polar surface area (TPSA) is 416 Å². The van der Waals surface area contributed by atoms with Crippen LogP contribution in [0.5, 0.6) is 5.75 Å². The number of nitrogens with one attached hydrogen (secondary N) is 5. The van der Waals surface area contributed by atoms with Crippen LogP contribution in [0.2, 0.25) is 0 Å². The van der Waals surface area contributed by atoms with Gasteiger partial charge in [-0.3, -0.25) is 33.6 Å². The Balaban J connectivity index is 0.942. The molecule has 1 spiro atoms. The van der Waals surface area contributed by atoms with Gasteiger partial charge in [-0.25, -0.2) is 16.0 Å². The highest BCUT2D eigenvalue weighted by atomic mass is 32.2. The standard InChI is InChI=1S/C59H77N11O20S/c1-32-30-70-50(51(32)77)56(82)61-28-39(72)26-41(62-52(78)35-5-7-36(8-6-35)67-18-20-68(21-19-67)38-11-9-37(10-12-38)66-16-14-59(15-17-66)87-22-23-88-59)53(79)63-47(33(2)71)57(83)69-31-40(73)27-42(69)54(80)64-48(55(81)65-49(58(70)84)45(76)29-60-3)44(75)24-34-4-13-43(74)46(25-34)91(86)90-89-85/h4-13,25,32-33,39-42,44-45,47-51,71-77,85H,14-24,26-31H2,1-2H3,(H,61,82)(H,62,78)(H,63,79)(H,64,80)(H,65,81)/t32?,33?,39-,40?,41-,42?,44+,45+,47?,48?,49-,50?,51-,91?/m0/s1. The van der Waals surface area contributed by atoms with Crippen LogP contribution in [0.15, 0.2) is 71.6 Å². The van der Waals surface area contributed by atoms with E-state index in [0.717, 1.165) is 71.8 Å². The molecule has 31 nitrogen and oxygen atoms in total. The van der Waals surface area contributed by atoms with E-state index in [1.807, 2.05) is 0 Å². The van der Waals surface area contributed by atoms with Gasteiger partial charge < -0.3 is 101 Å².